The molecule has 0 fully saturated rings. The normalized spacial score (nSPS) is 11.3. The summed E-state index contributed by atoms with van der Waals surface area (Å²) in [6.07, 6.45) is 0. The third-order valence-corrected chi connectivity index (χ3v) is 5.24. The summed E-state index contributed by atoms with van der Waals surface area (Å²) in [5.41, 5.74) is 14.1. The minimum atomic E-state index is 0.783. The zero-order valence-electron chi connectivity index (χ0n) is 15.2. The Labute approximate surface area is 158 Å². The fraction of sp³-hybridized carbons (Fsp3) is 0.0400. The van der Waals surface area contributed by atoms with Gasteiger partial charge < -0.3 is 10.3 Å². The Balaban J connectivity index is 1.79. The van der Waals surface area contributed by atoms with Gasteiger partial charge in [0, 0.05) is 22.1 Å². The molecule has 0 unspecified atom stereocenters. The summed E-state index contributed by atoms with van der Waals surface area (Å²) in [5.74, 6) is 0. The standard InChI is InChI=1S/C25H20N2/c1-17-15-19(18-7-3-2-4-8-18)11-14-23(17)27-24-10-6-5-9-21(24)22-13-12-20(26)16-25(22)27/h2-16H,26H2,1H3. The number of rotatable bonds is 2. The highest BCUT2D eigenvalue weighted by atomic mass is 15.0. The second kappa shape index (κ2) is 6.03. The molecule has 1 aromatic heterocycles. The lowest BCUT2D eigenvalue weighted by molar-refractivity contribution is 1.15. The van der Waals surface area contributed by atoms with Gasteiger partial charge in [-0.05, 0) is 53.9 Å². The number of benzene rings is 4. The number of hydrogen-bond donors (Lipinski definition) is 1. The minimum Gasteiger partial charge on any atom is -0.399 e. The molecule has 0 radical (unpaired) electrons. The van der Waals surface area contributed by atoms with Crippen LogP contribution in [0.2, 0.25) is 0 Å². The third-order valence-electron chi connectivity index (χ3n) is 5.24. The van der Waals surface area contributed by atoms with Gasteiger partial charge in [-0.2, -0.15) is 0 Å². The van der Waals surface area contributed by atoms with Gasteiger partial charge in [-0.25, -0.2) is 0 Å². The second-order valence-corrected chi connectivity index (χ2v) is 7.00. The SMILES string of the molecule is Cc1cc(-c2ccccc2)ccc1-n1c2ccccc2c2ccc(N)cc21. The lowest BCUT2D eigenvalue weighted by Gasteiger charge is -2.13. The van der Waals surface area contributed by atoms with Crippen molar-refractivity contribution in [2.75, 3.05) is 5.73 Å². The van der Waals surface area contributed by atoms with E-state index in [0.717, 1.165) is 11.2 Å². The summed E-state index contributed by atoms with van der Waals surface area (Å²) < 4.78 is 2.32. The van der Waals surface area contributed by atoms with Crippen molar-refractivity contribution in [2.24, 2.45) is 0 Å². The Morgan fingerprint density at radius 1 is 0.630 bits per heavy atom. The van der Waals surface area contributed by atoms with Crippen LogP contribution in [0.15, 0.2) is 91.0 Å². The zero-order chi connectivity index (χ0) is 18.4. The first-order valence-corrected chi connectivity index (χ1v) is 9.17. The molecule has 2 heteroatoms. The maximum atomic E-state index is 6.12. The first kappa shape index (κ1) is 15.7. The van der Waals surface area contributed by atoms with Crippen LogP contribution in [0.4, 0.5) is 5.69 Å². The average molecular weight is 348 g/mol. The highest BCUT2D eigenvalue weighted by molar-refractivity contribution is 6.10. The average Bonchev–Trinajstić information content (AvgIpc) is 3.02. The first-order valence-electron chi connectivity index (χ1n) is 9.17. The van der Waals surface area contributed by atoms with Gasteiger partial charge in [-0.15, -0.1) is 0 Å². The van der Waals surface area contributed by atoms with Gasteiger partial charge in [0.15, 0.2) is 0 Å². The molecule has 0 aliphatic carbocycles. The van der Waals surface area contributed by atoms with Crippen LogP contribution in [0, 0.1) is 6.92 Å². The summed E-state index contributed by atoms with van der Waals surface area (Å²) in [5, 5.41) is 2.48. The molecule has 4 aromatic carbocycles. The lowest BCUT2D eigenvalue weighted by atomic mass is 10.0. The van der Waals surface area contributed by atoms with E-state index in [-0.39, 0.29) is 0 Å². The van der Waals surface area contributed by atoms with Crippen molar-refractivity contribution < 1.29 is 0 Å². The van der Waals surface area contributed by atoms with Crippen molar-refractivity contribution in [1.82, 2.24) is 4.57 Å². The Morgan fingerprint density at radius 2 is 1.37 bits per heavy atom. The van der Waals surface area contributed by atoms with Gasteiger partial charge in [-0.3, -0.25) is 0 Å². The van der Waals surface area contributed by atoms with E-state index in [1.165, 1.54) is 38.7 Å². The van der Waals surface area contributed by atoms with Crippen LogP contribution in [0.3, 0.4) is 0 Å². The smallest absolute Gasteiger partial charge is 0.0561 e. The van der Waals surface area contributed by atoms with Gasteiger partial charge in [0.05, 0.1) is 11.0 Å². The number of nitrogens with zero attached hydrogens (tertiary/aromatic N) is 1. The lowest BCUT2D eigenvalue weighted by Crippen LogP contribution is -1.98. The minimum absolute atomic E-state index is 0.783. The topological polar surface area (TPSA) is 30.9 Å². The highest BCUT2D eigenvalue weighted by Gasteiger charge is 2.14. The maximum Gasteiger partial charge on any atom is 0.0561 e. The molecule has 0 spiro atoms. The Hall–Kier alpha value is -3.52. The molecule has 0 aliphatic rings. The van der Waals surface area contributed by atoms with Crippen LogP contribution in [-0.4, -0.2) is 4.57 Å². The van der Waals surface area contributed by atoms with Crippen LogP contribution >= 0.6 is 0 Å². The van der Waals surface area contributed by atoms with Crippen LogP contribution in [0.5, 0.6) is 0 Å². The summed E-state index contributed by atoms with van der Waals surface area (Å²) >= 11 is 0. The van der Waals surface area contributed by atoms with Crippen molar-refractivity contribution in [3.05, 3.63) is 96.6 Å². The van der Waals surface area contributed by atoms with Crippen molar-refractivity contribution in [3.8, 4) is 16.8 Å². The molecular weight excluding hydrogens is 328 g/mol. The maximum absolute atomic E-state index is 6.12. The highest BCUT2D eigenvalue weighted by Crippen LogP contribution is 2.35. The second-order valence-electron chi connectivity index (χ2n) is 7.00. The van der Waals surface area contributed by atoms with E-state index in [1.54, 1.807) is 0 Å². The van der Waals surface area contributed by atoms with E-state index < -0.39 is 0 Å². The summed E-state index contributed by atoms with van der Waals surface area (Å²) in [6, 6.07) is 31.9. The quantitative estimate of drug-likeness (QED) is 0.371. The fourth-order valence-corrected chi connectivity index (χ4v) is 3.96. The molecular formula is C25H20N2. The number of aromatic nitrogens is 1. The molecule has 2 N–H and O–H groups in total. The van der Waals surface area contributed by atoms with Crippen LogP contribution in [-0.2, 0) is 0 Å². The van der Waals surface area contributed by atoms with Gasteiger partial charge in [0.1, 0.15) is 0 Å². The number of fused-ring (bicyclic) bond motifs is 3. The molecule has 1 heterocycles. The molecule has 0 saturated carbocycles. The number of hydrogen-bond acceptors (Lipinski definition) is 1. The molecule has 2 nitrogen and oxygen atoms in total. The van der Waals surface area contributed by atoms with E-state index in [2.05, 4.69) is 90.4 Å². The molecule has 0 amide bonds. The van der Waals surface area contributed by atoms with E-state index >= 15 is 0 Å². The monoisotopic (exact) mass is 348 g/mol. The fourth-order valence-electron chi connectivity index (χ4n) is 3.96. The molecule has 5 rings (SSSR count). The van der Waals surface area contributed by atoms with Crippen molar-refractivity contribution in [1.29, 1.82) is 0 Å². The molecule has 130 valence electrons. The molecule has 27 heavy (non-hydrogen) atoms. The van der Waals surface area contributed by atoms with Crippen molar-refractivity contribution in [3.63, 3.8) is 0 Å². The number of aryl methyl sites for hydroxylation is 1. The number of para-hydroxylation sites is 1. The number of anilines is 1. The van der Waals surface area contributed by atoms with Crippen LogP contribution in [0.1, 0.15) is 5.56 Å². The van der Waals surface area contributed by atoms with Crippen molar-refractivity contribution >= 4 is 27.5 Å². The van der Waals surface area contributed by atoms with E-state index in [0.29, 0.717) is 0 Å². The summed E-state index contributed by atoms with van der Waals surface area (Å²) in [7, 11) is 0. The molecule has 0 bridgehead atoms. The van der Waals surface area contributed by atoms with Crippen molar-refractivity contribution in [2.45, 2.75) is 6.92 Å². The van der Waals surface area contributed by atoms with Gasteiger partial charge in [0.2, 0.25) is 0 Å². The Morgan fingerprint density at radius 3 is 2.19 bits per heavy atom. The molecule has 0 aliphatic heterocycles. The number of nitrogen functional groups attached to an aromatic ring is 1. The van der Waals surface area contributed by atoms with E-state index in [4.69, 9.17) is 5.73 Å². The third kappa shape index (κ3) is 2.49. The summed E-state index contributed by atoms with van der Waals surface area (Å²) in [4.78, 5) is 0. The largest absolute Gasteiger partial charge is 0.399 e. The predicted molar refractivity (Wildman–Crippen MR) is 115 cm³/mol. The van der Waals surface area contributed by atoms with Gasteiger partial charge in [0.25, 0.3) is 0 Å². The summed E-state index contributed by atoms with van der Waals surface area (Å²) in [6.45, 7) is 2.18. The molecule has 5 aromatic rings. The molecule has 0 atom stereocenters. The van der Waals surface area contributed by atoms with E-state index in [9.17, 15) is 0 Å². The van der Waals surface area contributed by atoms with Gasteiger partial charge in [-0.1, -0.05) is 60.7 Å². The predicted octanol–water partition coefficient (Wildman–Crippen LogP) is 6.34. The first-order chi connectivity index (χ1) is 13.2. The molecule has 0 saturated heterocycles. The van der Waals surface area contributed by atoms with Crippen LogP contribution in [0.25, 0.3) is 38.6 Å². The van der Waals surface area contributed by atoms with Crippen LogP contribution < -0.4 is 5.73 Å². The zero-order valence-corrected chi connectivity index (χ0v) is 15.2. The Kier molecular flexibility index (Phi) is 3.51. The van der Waals surface area contributed by atoms with Gasteiger partial charge >= 0.3 is 0 Å². The number of nitrogens with two attached hydrogens (primary N) is 1. The van der Waals surface area contributed by atoms with E-state index in [1.807, 2.05) is 12.1 Å². The Bertz CT molecular complexity index is 1280.